The Morgan fingerprint density at radius 1 is 1.21 bits per heavy atom. The number of nitrogens with zero attached hydrogens (tertiary/aromatic N) is 4. The predicted molar refractivity (Wildman–Crippen MR) is 110 cm³/mol. The molecule has 7 nitrogen and oxygen atoms in total. The number of amides is 1. The lowest BCUT2D eigenvalue weighted by atomic mass is 10.0. The van der Waals surface area contributed by atoms with Gasteiger partial charge in [-0.15, -0.1) is 0 Å². The van der Waals surface area contributed by atoms with Crippen molar-refractivity contribution in [2.75, 3.05) is 20.8 Å². The van der Waals surface area contributed by atoms with Crippen LogP contribution < -0.4 is 4.74 Å². The van der Waals surface area contributed by atoms with Crippen LogP contribution in [0.2, 0.25) is 0 Å². The molecule has 0 radical (unpaired) electrons. The summed E-state index contributed by atoms with van der Waals surface area (Å²) < 4.78 is 12.6. The maximum atomic E-state index is 13.1. The van der Waals surface area contributed by atoms with Crippen molar-refractivity contribution in [2.24, 2.45) is 0 Å². The quantitative estimate of drug-likeness (QED) is 0.583. The molecule has 0 aliphatic heterocycles. The molecule has 0 spiro atoms. The van der Waals surface area contributed by atoms with Gasteiger partial charge in [-0.25, -0.2) is 9.67 Å². The molecule has 0 N–H and O–H groups in total. The summed E-state index contributed by atoms with van der Waals surface area (Å²) in [6.45, 7) is 4.95. The van der Waals surface area contributed by atoms with Crippen molar-refractivity contribution >= 4 is 5.91 Å². The zero-order valence-corrected chi connectivity index (χ0v) is 17.2. The molecule has 0 saturated heterocycles. The predicted octanol–water partition coefficient (Wildman–Crippen LogP) is 3.65. The number of rotatable bonds is 8. The molecular weight excluding hydrogens is 368 g/mol. The number of aromatic nitrogens is 3. The van der Waals surface area contributed by atoms with E-state index in [2.05, 4.69) is 10.1 Å². The molecule has 0 fully saturated rings. The van der Waals surface area contributed by atoms with Crippen molar-refractivity contribution in [2.45, 2.75) is 26.5 Å². The molecule has 0 bridgehead atoms. The summed E-state index contributed by atoms with van der Waals surface area (Å²) in [5.41, 5.74) is 3.42. The van der Waals surface area contributed by atoms with E-state index in [0.29, 0.717) is 18.8 Å². The van der Waals surface area contributed by atoms with Crippen LogP contribution in [-0.4, -0.2) is 46.3 Å². The second-order valence-corrected chi connectivity index (χ2v) is 6.69. The summed E-state index contributed by atoms with van der Waals surface area (Å²) in [4.78, 5) is 18.8. The van der Waals surface area contributed by atoms with Crippen LogP contribution in [0.4, 0.5) is 0 Å². The zero-order valence-electron chi connectivity index (χ0n) is 17.2. The first-order chi connectivity index (χ1) is 14.0. The number of hydrogen-bond donors (Lipinski definition) is 0. The standard InChI is InChI=1S/C22H26N4O3/c1-5-29-13-19-12-18(8-11-21(19)28-4)22(27)25(3)16(2)17-6-9-20(10-7-17)26-15-23-14-24-26/h6-12,14-16H,5,13H2,1-4H3/t16-/m1/s1. The number of carbonyl (C=O) groups is 1. The van der Waals surface area contributed by atoms with Crippen molar-refractivity contribution in [3.8, 4) is 11.4 Å². The van der Waals surface area contributed by atoms with E-state index in [1.165, 1.54) is 6.33 Å². The third-order valence-electron chi connectivity index (χ3n) is 4.95. The van der Waals surface area contributed by atoms with Crippen LogP contribution in [0.1, 0.15) is 41.4 Å². The fourth-order valence-corrected chi connectivity index (χ4v) is 3.09. The van der Waals surface area contributed by atoms with Gasteiger partial charge in [0.1, 0.15) is 18.4 Å². The number of ether oxygens (including phenoxy) is 2. The maximum Gasteiger partial charge on any atom is 0.254 e. The van der Waals surface area contributed by atoms with Gasteiger partial charge < -0.3 is 14.4 Å². The molecule has 152 valence electrons. The highest BCUT2D eigenvalue weighted by Crippen LogP contribution is 2.25. The minimum atomic E-state index is -0.0928. The highest BCUT2D eigenvalue weighted by atomic mass is 16.5. The Morgan fingerprint density at radius 2 is 1.97 bits per heavy atom. The van der Waals surface area contributed by atoms with Crippen molar-refractivity contribution in [1.82, 2.24) is 19.7 Å². The molecule has 1 atom stereocenters. The summed E-state index contributed by atoms with van der Waals surface area (Å²) in [7, 11) is 3.42. The smallest absolute Gasteiger partial charge is 0.254 e. The molecule has 1 heterocycles. The molecule has 0 aliphatic rings. The minimum absolute atomic E-state index is 0.0572. The van der Waals surface area contributed by atoms with Crippen LogP contribution in [0.15, 0.2) is 55.1 Å². The van der Waals surface area contributed by atoms with Crippen LogP contribution >= 0.6 is 0 Å². The summed E-state index contributed by atoms with van der Waals surface area (Å²) in [6, 6.07) is 13.3. The van der Waals surface area contributed by atoms with Gasteiger partial charge in [-0.1, -0.05) is 12.1 Å². The lowest BCUT2D eigenvalue weighted by Crippen LogP contribution is -2.29. The van der Waals surface area contributed by atoms with E-state index >= 15 is 0 Å². The average molecular weight is 394 g/mol. The Morgan fingerprint density at radius 3 is 2.59 bits per heavy atom. The largest absolute Gasteiger partial charge is 0.496 e. The SMILES string of the molecule is CCOCc1cc(C(=O)N(C)[C@H](C)c2ccc(-n3cncn3)cc2)ccc1OC. The van der Waals surface area contributed by atoms with Crippen molar-refractivity contribution in [1.29, 1.82) is 0 Å². The second kappa shape index (κ2) is 9.34. The maximum absolute atomic E-state index is 13.1. The molecule has 0 unspecified atom stereocenters. The van der Waals surface area contributed by atoms with Gasteiger partial charge >= 0.3 is 0 Å². The fraction of sp³-hybridized carbons (Fsp3) is 0.318. The molecule has 7 heteroatoms. The highest BCUT2D eigenvalue weighted by molar-refractivity contribution is 5.94. The molecule has 0 aliphatic carbocycles. The first kappa shape index (κ1) is 20.5. The van der Waals surface area contributed by atoms with E-state index in [0.717, 1.165) is 22.6 Å². The summed E-state index contributed by atoms with van der Waals surface area (Å²) in [6.07, 6.45) is 3.15. The Hall–Kier alpha value is -3.19. The van der Waals surface area contributed by atoms with E-state index in [1.807, 2.05) is 57.3 Å². The van der Waals surface area contributed by atoms with Gasteiger partial charge in [0, 0.05) is 24.8 Å². The minimum Gasteiger partial charge on any atom is -0.496 e. The van der Waals surface area contributed by atoms with Gasteiger partial charge in [-0.2, -0.15) is 5.10 Å². The van der Waals surface area contributed by atoms with Crippen LogP contribution in [0, 0.1) is 0 Å². The highest BCUT2D eigenvalue weighted by Gasteiger charge is 2.20. The number of hydrogen-bond acceptors (Lipinski definition) is 5. The van der Waals surface area contributed by atoms with Gasteiger partial charge in [-0.3, -0.25) is 4.79 Å². The van der Waals surface area contributed by atoms with Crippen LogP contribution in [0.3, 0.4) is 0 Å². The van der Waals surface area contributed by atoms with Crippen molar-refractivity contribution in [3.63, 3.8) is 0 Å². The monoisotopic (exact) mass is 394 g/mol. The van der Waals surface area contributed by atoms with Crippen LogP contribution in [0.5, 0.6) is 5.75 Å². The lowest BCUT2D eigenvalue weighted by molar-refractivity contribution is 0.0742. The topological polar surface area (TPSA) is 69.5 Å². The molecule has 3 rings (SSSR count). The molecule has 0 saturated carbocycles. The molecular formula is C22H26N4O3. The van der Waals surface area contributed by atoms with Gasteiger partial charge in [0.2, 0.25) is 0 Å². The lowest BCUT2D eigenvalue weighted by Gasteiger charge is -2.26. The fourth-order valence-electron chi connectivity index (χ4n) is 3.09. The Kier molecular flexibility index (Phi) is 6.61. The zero-order chi connectivity index (χ0) is 20.8. The van der Waals surface area contributed by atoms with Crippen LogP contribution in [-0.2, 0) is 11.3 Å². The molecule has 1 amide bonds. The number of methoxy groups -OCH3 is 1. The van der Waals surface area contributed by atoms with E-state index in [9.17, 15) is 4.79 Å². The van der Waals surface area contributed by atoms with Gasteiger partial charge in [0.25, 0.3) is 5.91 Å². The summed E-state index contributed by atoms with van der Waals surface area (Å²) >= 11 is 0. The number of benzene rings is 2. The third-order valence-corrected chi connectivity index (χ3v) is 4.95. The molecule has 1 aromatic heterocycles. The van der Waals surface area contributed by atoms with Gasteiger partial charge in [0.05, 0.1) is 25.4 Å². The first-order valence-electron chi connectivity index (χ1n) is 9.52. The van der Waals surface area contributed by atoms with E-state index in [4.69, 9.17) is 9.47 Å². The summed E-state index contributed by atoms with van der Waals surface area (Å²) in [5.74, 6) is 0.660. The molecule has 2 aromatic carbocycles. The average Bonchev–Trinajstić information content (AvgIpc) is 3.31. The third kappa shape index (κ3) is 4.63. The Labute approximate surface area is 170 Å². The number of carbonyl (C=O) groups excluding carboxylic acids is 1. The Bertz CT molecular complexity index is 939. The Balaban J connectivity index is 1.76. The molecule has 29 heavy (non-hydrogen) atoms. The second-order valence-electron chi connectivity index (χ2n) is 6.69. The first-order valence-corrected chi connectivity index (χ1v) is 9.52. The summed E-state index contributed by atoms with van der Waals surface area (Å²) in [5, 5.41) is 4.13. The van der Waals surface area contributed by atoms with Gasteiger partial charge in [-0.05, 0) is 49.7 Å². The molecule has 3 aromatic rings. The van der Waals surface area contributed by atoms with Crippen LogP contribution in [0.25, 0.3) is 5.69 Å². The van der Waals surface area contributed by atoms with Crippen molar-refractivity contribution < 1.29 is 14.3 Å². The van der Waals surface area contributed by atoms with E-state index in [-0.39, 0.29) is 11.9 Å². The normalized spacial score (nSPS) is 11.9. The van der Waals surface area contributed by atoms with E-state index in [1.54, 1.807) is 29.1 Å². The van der Waals surface area contributed by atoms with Crippen molar-refractivity contribution in [3.05, 3.63) is 71.8 Å². The van der Waals surface area contributed by atoms with Gasteiger partial charge in [0.15, 0.2) is 0 Å². The van der Waals surface area contributed by atoms with E-state index < -0.39 is 0 Å².